The second-order valence-corrected chi connectivity index (χ2v) is 30.5. The van der Waals surface area contributed by atoms with Gasteiger partial charge < -0.3 is 57.8 Å². The number of rotatable bonds is 15. The van der Waals surface area contributed by atoms with E-state index in [9.17, 15) is 40.7 Å². The molecule has 0 saturated carbocycles. The van der Waals surface area contributed by atoms with Crippen molar-refractivity contribution >= 4 is 109 Å². The zero-order valence-corrected chi connectivity index (χ0v) is 68.7. The molecule has 12 heterocycles. The molecule has 117 heavy (non-hydrogen) atoms. The number of amides is 3. The van der Waals surface area contributed by atoms with Crippen LogP contribution < -0.4 is 28.9 Å². The first kappa shape index (κ1) is 85.8. The molecule has 3 amide bonds. The molecule has 9 aliphatic rings. The molecule has 6 aromatic carbocycles. The lowest BCUT2D eigenvalue weighted by atomic mass is 10.0. The van der Waals surface area contributed by atoms with Crippen LogP contribution in [0.5, 0.6) is 17.2 Å². The molecule has 0 bridgehead atoms. The van der Waals surface area contributed by atoms with E-state index in [0.29, 0.717) is 183 Å². The van der Waals surface area contributed by atoms with Gasteiger partial charge in [0.2, 0.25) is 0 Å². The summed E-state index contributed by atoms with van der Waals surface area (Å²) in [5.74, 6) is -3.16. The number of carbonyl (C=O) groups is 3. The van der Waals surface area contributed by atoms with Crippen molar-refractivity contribution in [2.24, 2.45) is 0 Å². The van der Waals surface area contributed by atoms with Crippen molar-refractivity contribution in [2.75, 3.05) is 172 Å². The molecule has 3 unspecified atom stereocenters. The fourth-order valence-electron chi connectivity index (χ4n) is 17.1. The predicted octanol–water partition coefficient (Wildman–Crippen LogP) is 11.8. The van der Waals surface area contributed by atoms with E-state index in [2.05, 4.69) is 44.4 Å². The smallest absolute Gasteiger partial charge is 0.254 e. The lowest BCUT2D eigenvalue weighted by Gasteiger charge is -2.37. The fraction of sp³-hybridized carbons (Fsp3) is 0.464. The number of hydrogen-bond donors (Lipinski definition) is 0. The molecule has 624 valence electrons. The number of fused-ring (bicyclic) bond motifs is 6. The summed E-state index contributed by atoms with van der Waals surface area (Å²) in [5.41, 5.74) is 7.15. The Morgan fingerprint density at radius 1 is 0.359 bits per heavy atom. The van der Waals surface area contributed by atoms with Crippen molar-refractivity contribution in [3.63, 3.8) is 0 Å². The summed E-state index contributed by atoms with van der Waals surface area (Å²) in [5, 5.41) is 0. The zero-order valence-electron chi connectivity index (χ0n) is 65.7. The summed E-state index contributed by atoms with van der Waals surface area (Å²) < 4.78 is 117. The van der Waals surface area contributed by atoms with Gasteiger partial charge in [-0.15, -0.1) is 0 Å². The number of piperazine rings is 3. The van der Waals surface area contributed by atoms with E-state index in [-0.39, 0.29) is 75.5 Å². The SMILES string of the molecule is CC(Oc1ccc(F)c(F)c1)c1cc(C(=O)N2CCN3CCC[C@H]3C2)cc2ncc(N3CCOCC3)nc12.CC(Oc1ccc(F)c(F)c1)c1cc(C(=O)N2CCN3CCC[C@H]3C2)cc2ncc(N3CCOCC3)nc12.CC(Oc1ccc(F)c(F)c1)c1cc(C(=O)N2CCN3CCC[C@H]3C2)cc2ncc(N3CCOCC3)nc12.S.S.S. The molecule has 24 nitrogen and oxygen atoms in total. The van der Waals surface area contributed by atoms with Gasteiger partial charge in [-0.05, 0) is 152 Å². The molecule has 0 spiro atoms. The van der Waals surface area contributed by atoms with Crippen molar-refractivity contribution in [2.45, 2.75) is 95.7 Å². The number of anilines is 3. The minimum Gasteiger partial charge on any atom is -0.486 e. The summed E-state index contributed by atoms with van der Waals surface area (Å²) in [6, 6.07) is 22.4. The van der Waals surface area contributed by atoms with Gasteiger partial charge in [-0.25, -0.2) is 41.3 Å². The first-order chi connectivity index (χ1) is 55.4. The fourth-order valence-corrected chi connectivity index (χ4v) is 17.1. The highest BCUT2D eigenvalue weighted by atomic mass is 32.1. The van der Waals surface area contributed by atoms with Crippen LogP contribution in [0.25, 0.3) is 33.1 Å². The van der Waals surface area contributed by atoms with E-state index in [0.717, 1.165) is 132 Å². The van der Waals surface area contributed by atoms with Crippen LogP contribution in [0.15, 0.2) is 110 Å². The zero-order chi connectivity index (χ0) is 78.7. The van der Waals surface area contributed by atoms with Crippen LogP contribution in [-0.4, -0.2) is 253 Å². The number of nitrogens with zero attached hydrogens (tertiary/aromatic N) is 15. The molecule has 6 atom stereocenters. The molecule has 0 aliphatic carbocycles. The van der Waals surface area contributed by atoms with Crippen molar-refractivity contribution in [1.29, 1.82) is 0 Å². The van der Waals surface area contributed by atoms with Gasteiger partial charge in [0, 0.05) is 168 Å². The van der Waals surface area contributed by atoms with Gasteiger partial charge in [0.25, 0.3) is 17.7 Å². The van der Waals surface area contributed by atoms with E-state index < -0.39 is 53.2 Å². The topological polar surface area (TPSA) is 213 Å². The van der Waals surface area contributed by atoms with Crippen molar-refractivity contribution in [3.05, 3.63) is 178 Å². The average Bonchev–Trinajstić information content (AvgIpc) is 1.43. The highest BCUT2D eigenvalue weighted by Crippen LogP contribution is 2.37. The Labute approximate surface area is 696 Å². The van der Waals surface area contributed by atoms with Crippen LogP contribution in [0, 0.1) is 34.9 Å². The van der Waals surface area contributed by atoms with Crippen LogP contribution >= 0.6 is 40.5 Å². The van der Waals surface area contributed by atoms with E-state index in [1.807, 2.05) is 53.7 Å². The minimum atomic E-state index is -0.982. The van der Waals surface area contributed by atoms with Crippen LogP contribution in [0.3, 0.4) is 0 Å². The summed E-state index contributed by atoms with van der Waals surface area (Å²) in [7, 11) is 0. The number of ether oxygens (including phenoxy) is 6. The van der Waals surface area contributed by atoms with Gasteiger partial charge in [0.05, 0.1) is 91.3 Å². The second-order valence-electron chi connectivity index (χ2n) is 30.5. The number of morpholine rings is 3. The molecule has 9 aromatic rings. The number of halogens is 6. The van der Waals surface area contributed by atoms with Crippen molar-refractivity contribution in [1.82, 2.24) is 59.3 Å². The maximum atomic E-state index is 13.9. The monoisotopic (exact) mass is 1670 g/mol. The molecule has 33 heteroatoms. The van der Waals surface area contributed by atoms with Gasteiger partial charge in [0.15, 0.2) is 34.9 Å². The van der Waals surface area contributed by atoms with E-state index in [4.69, 9.17) is 43.4 Å². The third-order valence-corrected chi connectivity index (χ3v) is 23.3. The Balaban J connectivity index is 0.000000150. The van der Waals surface area contributed by atoms with E-state index in [1.54, 1.807) is 36.8 Å². The Bertz CT molecular complexity index is 4560. The Kier molecular flexibility index (Phi) is 28.1. The first-order valence-electron chi connectivity index (χ1n) is 39.7. The van der Waals surface area contributed by atoms with Crippen LogP contribution in [0.1, 0.15) is 125 Å². The Morgan fingerprint density at radius 2 is 0.632 bits per heavy atom. The largest absolute Gasteiger partial charge is 0.486 e. The third kappa shape index (κ3) is 19.5. The lowest BCUT2D eigenvalue weighted by molar-refractivity contribution is 0.0566. The molecule has 9 saturated heterocycles. The maximum Gasteiger partial charge on any atom is 0.254 e. The Hall–Kier alpha value is -9.06. The van der Waals surface area contributed by atoms with E-state index in [1.165, 1.54) is 37.5 Å². The minimum absolute atomic E-state index is 0. The molecule has 9 fully saturated rings. The standard InChI is InChI=1S/3C28H31F2N5O3.3H2S/c3*1-18(38-21-4-5-23(29)24(30)15-21)22-13-19(28(36)35-8-7-33-6-2-3-20(33)17-35)14-25-27(22)32-26(16-31-25)34-9-11-37-12-10-34;;;/h3*4-5,13-16,18,20H,2-3,6-12,17H2,1H3;3*1H2/t3*18?,20-;;;/m000.../s1. The average molecular weight is 1670 g/mol. The molecule has 0 radical (unpaired) electrons. The van der Waals surface area contributed by atoms with Crippen molar-refractivity contribution < 1.29 is 69.1 Å². The quantitative estimate of drug-likeness (QED) is 0.0873. The Morgan fingerprint density at radius 3 is 0.897 bits per heavy atom. The molecule has 3 aromatic heterocycles. The number of hydrogen-bond acceptors (Lipinski definition) is 21. The molecule has 9 aliphatic heterocycles. The summed E-state index contributed by atoms with van der Waals surface area (Å²) in [6.07, 6.45) is 10.2. The summed E-state index contributed by atoms with van der Waals surface area (Å²) in [6.45, 7) is 23.5. The number of carbonyl (C=O) groups excluding carboxylic acids is 3. The van der Waals surface area contributed by atoms with Crippen LogP contribution in [0.4, 0.5) is 43.8 Å². The number of benzene rings is 6. The first-order valence-corrected chi connectivity index (χ1v) is 39.7. The predicted molar refractivity (Wildman–Crippen MR) is 447 cm³/mol. The van der Waals surface area contributed by atoms with Gasteiger partial charge in [-0.3, -0.25) is 44.0 Å². The second kappa shape index (κ2) is 38.3. The van der Waals surface area contributed by atoms with Crippen LogP contribution in [-0.2, 0) is 14.2 Å². The molecular formula is C84H99F6N15O9S3. The third-order valence-electron chi connectivity index (χ3n) is 23.3. The summed E-state index contributed by atoms with van der Waals surface area (Å²) in [4.78, 5) is 89.3. The molecule has 0 N–H and O–H groups in total. The van der Waals surface area contributed by atoms with Crippen molar-refractivity contribution in [3.8, 4) is 17.2 Å². The highest BCUT2D eigenvalue weighted by Gasteiger charge is 2.38. The molecular weight excluding hydrogens is 1570 g/mol. The summed E-state index contributed by atoms with van der Waals surface area (Å²) >= 11 is 0. The van der Waals surface area contributed by atoms with Gasteiger partial charge in [-0.1, -0.05) is 0 Å². The van der Waals surface area contributed by atoms with Gasteiger partial charge in [-0.2, -0.15) is 40.5 Å². The lowest BCUT2D eigenvalue weighted by Crippen LogP contribution is -2.52. The van der Waals surface area contributed by atoms with Gasteiger partial charge >= 0.3 is 0 Å². The maximum absolute atomic E-state index is 13.9. The molecule has 18 rings (SSSR count). The highest BCUT2D eigenvalue weighted by molar-refractivity contribution is 7.59. The van der Waals surface area contributed by atoms with Gasteiger partial charge in [0.1, 0.15) is 53.0 Å². The number of aromatic nitrogens is 6. The van der Waals surface area contributed by atoms with Crippen LogP contribution in [0.2, 0.25) is 0 Å². The van der Waals surface area contributed by atoms with E-state index >= 15 is 0 Å². The normalized spacial score (nSPS) is 20.4.